The quantitative estimate of drug-likeness (QED) is 0.732. The Hall–Kier alpha value is -2.35. The van der Waals surface area contributed by atoms with Crippen LogP contribution < -0.4 is 10.6 Å². The van der Waals surface area contributed by atoms with Crippen molar-refractivity contribution in [2.24, 2.45) is 0 Å². The van der Waals surface area contributed by atoms with E-state index in [0.717, 1.165) is 11.0 Å². The summed E-state index contributed by atoms with van der Waals surface area (Å²) in [6.45, 7) is 0.278. The summed E-state index contributed by atoms with van der Waals surface area (Å²) in [5.41, 5.74) is -0.0671. The maximum Gasteiger partial charge on any atom is 0.259 e. The number of benzene rings is 2. The van der Waals surface area contributed by atoms with Crippen LogP contribution in [0.25, 0.3) is 0 Å². The molecule has 29 heavy (non-hydrogen) atoms. The highest BCUT2D eigenvalue weighted by molar-refractivity contribution is 6.35. The van der Waals surface area contributed by atoms with Crippen LogP contribution in [-0.4, -0.2) is 41.8 Å². The lowest BCUT2D eigenvalue weighted by Crippen LogP contribution is -2.58. The maximum atomic E-state index is 14.2. The van der Waals surface area contributed by atoms with Crippen LogP contribution in [0, 0.1) is 5.82 Å². The Labute approximate surface area is 180 Å². The molecule has 3 amide bonds. The minimum absolute atomic E-state index is 0.0742. The Bertz CT molecular complexity index is 966. The van der Waals surface area contributed by atoms with E-state index in [-0.39, 0.29) is 40.8 Å². The van der Waals surface area contributed by atoms with Gasteiger partial charge in [-0.2, -0.15) is 0 Å². The predicted molar refractivity (Wildman–Crippen MR) is 109 cm³/mol. The molecule has 3 rings (SSSR count). The zero-order chi connectivity index (χ0) is 21.1. The maximum absolute atomic E-state index is 14.2. The lowest BCUT2D eigenvalue weighted by molar-refractivity contribution is -0.131. The number of hydrogen-bond acceptors (Lipinski definition) is 3. The van der Waals surface area contributed by atoms with Crippen molar-refractivity contribution in [2.75, 3.05) is 18.4 Å². The number of halogens is 4. The van der Waals surface area contributed by atoms with Gasteiger partial charge in [-0.15, -0.1) is 0 Å². The number of hydrogen-bond donors (Lipinski definition) is 2. The van der Waals surface area contributed by atoms with Gasteiger partial charge >= 0.3 is 0 Å². The molecule has 1 saturated heterocycles. The number of nitrogens with zero attached hydrogens (tertiary/aromatic N) is 1. The van der Waals surface area contributed by atoms with Crippen LogP contribution in [0.15, 0.2) is 36.4 Å². The van der Waals surface area contributed by atoms with Gasteiger partial charge in [0.25, 0.3) is 5.91 Å². The van der Waals surface area contributed by atoms with Crippen molar-refractivity contribution in [3.05, 3.63) is 62.8 Å². The van der Waals surface area contributed by atoms with Crippen LogP contribution in [0.5, 0.6) is 0 Å². The van der Waals surface area contributed by atoms with Crippen LogP contribution >= 0.6 is 34.8 Å². The van der Waals surface area contributed by atoms with Crippen LogP contribution in [0.3, 0.4) is 0 Å². The average molecular weight is 459 g/mol. The van der Waals surface area contributed by atoms with Gasteiger partial charge in [-0.3, -0.25) is 14.4 Å². The molecule has 1 aliphatic heterocycles. The van der Waals surface area contributed by atoms with Gasteiger partial charge in [-0.25, -0.2) is 4.39 Å². The molecular formula is C19H15Cl3FN3O3. The molecule has 152 valence electrons. The molecule has 0 unspecified atom stereocenters. The van der Waals surface area contributed by atoms with E-state index in [1.807, 2.05) is 0 Å². The highest BCUT2D eigenvalue weighted by Gasteiger charge is 2.36. The number of rotatable bonds is 4. The Morgan fingerprint density at radius 1 is 1.17 bits per heavy atom. The molecule has 0 bridgehead atoms. The number of carbonyl (C=O) groups excluding carboxylic acids is 3. The van der Waals surface area contributed by atoms with Crippen LogP contribution in [-0.2, 0) is 9.59 Å². The van der Waals surface area contributed by atoms with Gasteiger partial charge in [0, 0.05) is 18.1 Å². The minimum atomic E-state index is -1.13. The Kier molecular flexibility index (Phi) is 6.62. The lowest BCUT2D eigenvalue weighted by Gasteiger charge is -2.35. The van der Waals surface area contributed by atoms with Crippen molar-refractivity contribution in [1.29, 1.82) is 0 Å². The zero-order valence-corrected chi connectivity index (χ0v) is 17.1. The highest BCUT2D eigenvalue weighted by atomic mass is 35.5. The second-order valence-electron chi connectivity index (χ2n) is 6.28. The first-order chi connectivity index (χ1) is 13.8. The molecule has 6 nitrogen and oxygen atoms in total. The molecule has 0 radical (unpaired) electrons. The van der Waals surface area contributed by atoms with Crippen LogP contribution in [0.2, 0.25) is 15.1 Å². The van der Waals surface area contributed by atoms with Gasteiger partial charge in [0.15, 0.2) is 0 Å². The third kappa shape index (κ3) is 4.80. The third-order valence-electron chi connectivity index (χ3n) is 4.35. The van der Waals surface area contributed by atoms with E-state index < -0.39 is 29.6 Å². The number of anilines is 1. The smallest absolute Gasteiger partial charge is 0.259 e. The van der Waals surface area contributed by atoms with Gasteiger partial charge in [0.2, 0.25) is 11.8 Å². The van der Waals surface area contributed by atoms with E-state index in [0.29, 0.717) is 5.02 Å². The van der Waals surface area contributed by atoms with E-state index in [1.165, 1.54) is 24.3 Å². The van der Waals surface area contributed by atoms with Crippen molar-refractivity contribution in [2.45, 2.75) is 12.5 Å². The van der Waals surface area contributed by atoms with Gasteiger partial charge in [-0.1, -0.05) is 40.9 Å². The first-order valence-electron chi connectivity index (χ1n) is 8.55. The van der Waals surface area contributed by atoms with Crippen molar-refractivity contribution in [3.8, 4) is 0 Å². The molecule has 1 aliphatic rings. The molecule has 2 N–H and O–H groups in total. The molecular weight excluding hydrogens is 444 g/mol. The molecule has 0 spiro atoms. The summed E-state index contributed by atoms with van der Waals surface area (Å²) >= 11 is 17.9. The number of amides is 3. The standard InChI is InChI=1S/C19H15Cl3FN3O3/c20-10-4-5-11(21)14(8-10)25-16(27)9-15-18(28)24-6-7-26(15)19(29)17-12(22)2-1-3-13(17)23/h1-5,8,15H,6-7,9H2,(H,24,28)(H,25,27)/t15-/m1/s1. The molecule has 1 fully saturated rings. The summed E-state index contributed by atoms with van der Waals surface area (Å²) in [4.78, 5) is 38.9. The van der Waals surface area contributed by atoms with Gasteiger partial charge in [-0.05, 0) is 30.3 Å². The summed E-state index contributed by atoms with van der Waals surface area (Å²) in [6.07, 6.45) is -0.355. The monoisotopic (exact) mass is 457 g/mol. The fourth-order valence-electron chi connectivity index (χ4n) is 2.98. The first kappa shape index (κ1) is 21.4. The van der Waals surface area contributed by atoms with E-state index in [1.54, 1.807) is 6.07 Å². The molecule has 0 saturated carbocycles. The molecule has 0 aromatic heterocycles. The molecule has 2 aromatic rings. The fourth-order valence-corrected chi connectivity index (χ4v) is 3.56. The number of carbonyl (C=O) groups is 3. The summed E-state index contributed by atoms with van der Waals surface area (Å²) in [7, 11) is 0. The SMILES string of the molecule is O=C(C[C@@H]1C(=O)NCCN1C(=O)c1c(F)cccc1Cl)Nc1cc(Cl)ccc1Cl. The Morgan fingerprint density at radius 2 is 1.93 bits per heavy atom. The topological polar surface area (TPSA) is 78.5 Å². The Morgan fingerprint density at radius 3 is 2.66 bits per heavy atom. The normalized spacial score (nSPS) is 16.3. The third-order valence-corrected chi connectivity index (χ3v) is 5.23. The van der Waals surface area contributed by atoms with Crippen LogP contribution in [0.1, 0.15) is 16.8 Å². The fraction of sp³-hybridized carbons (Fsp3) is 0.211. The molecule has 0 aliphatic carbocycles. The molecule has 10 heteroatoms. The summed E-state index contributed by atoms with van der Waals surface area (Å²) in [6, 6.07) is 7.26. The van der Waals surface area contributed by atoms with Gasteiger partial charge < -0.3 is 15.5 Å². The minimum Gasteiger partial charge on any atom is -0.353 e. The average Bonchev–Trinajstić information content (AvgIpc) is 2.66. The second-order valence-corrected chi connectivity index (χ2v) is 7.53. The zero-order valence-electron chi connectivity index (χ0n) is 14.8. The van der Waals surface area contributed by atoms with Crippen molar-refractivity contribution in [3.63, 3.8) is 0 Å². The largest absolute Gasteiger partial charge is 0.353 e. The van der Waals surface area contributed by atoms with Crippen molar-refractivity contribution >= 4 is 58.2 Å². The van der Waals surface area contributed by atoms with E-state index in [4.69, 9.17) is 34.8 Å². The predicted octanol–water partition coefficient (Wildman–Crippen LogP) is 3.76. The van der Waals surface area contributed by atoms with E-state index >= 15 is 0 Å². The lowest BCUT2D eigenvalue weighted by atomic mass is 10.1. The van der Waals surface area contributed by atoms with E-state index in [9.17, 15) is 18.8 Å². The summed E-state index contributed by atoms with van der Waals surface area (Å²) in [5, 5.41) is 5.73. The van der Waals surface area contributed by atoms with Crippen LogP contribution in [0.4, 0.5) is 10.1 Å². The molecule has 1 atom stereocenters. The number of piperazine rings is 1. The van der Waals surface area contributed by atoms with Crippen molar-refractivity contribution in [1.82, 2.24) is 10.2 Å². The molecule has 1 heterocycles. The summed E-state index contributed by atoms with van der Waals surface area (Å²) in [5.74, 6) is -2.65. The highest BCUT2D eigenvalue weighted by Crippen LogP contribution is 2.27. The Balaban J connectivity index is 1.81. The van der Waals surface area contributed by atoms with Gasteiger partial charge in [0.1, 0.15) is 11.9 Å². The van der Waals surface area contributed by atoms with E-state index in [2.05, 4.69) is 10.6 Å². The van der Waals surface area contributed by atoms with Crippen molar-refractivity contribution < 1.29 is 18.8 Å². The summed E-state index contributed by atoms with van der Waals surface area (Å²) < 4.78 is 14.2. The second kappa shape index (κ2) is 8.98. The molecule has 2 aromatic carbocycles. The number of nitrogens with one attached hydrogen (secondary N) is 2. The van der Waals surface area contributed by atoms with Gasteiger partial charge in [0.05, 0.1) is 27.7 Å². The first-order valence-corrected chi connectivity index (χ1v) is 9.69.